The van der Waals surface area contributed by atoms with Crippen LogP contribution in [0.2, 0.25) is 5.02 Å². The number of carbonyl (C=O) groups excluding carboxylic acids is 2. The van der Waals surface area contributed by atoms with Crippen LogP contribution in [-0.2, 0) is 11.2 Å². The van der Waals surface area contributed by atoms with Gasteiger partial charge in [0.15, 0.2) is 0 Å². The number of rotatable bonds is 4. The number of likely N-dealkylation sites (tertiary alicyclic amines) is 1. The first-order valence-corrected chi connectivity index (χ1v) is 8.77. The molecule has 1 unspecified atom stereocenters. The van der Waals surface area contributed by atoms with Crippen LogP contribution in [0.4, 0.5) is 4.39 Å². The van der Waals surface area contributed by atoms with Gasteiger partial charge >= 0.3 is 5.97 Å². The number of hydrogen-bond donors (Lipinski definition) is 0. The minimum Gasteiger partial charge on any atom is -0.465 e. The van der Waals surface area contributed by atoms with Crippen molar-refractivity contribution < 1.29 is 18.7 Å². The summed E-state index contributed by atoms with van der Waals surface area (Å²) >= 11 is 6.00. The monoisotopic (exact) mass is 375 g/mol. The highest BCUT2D eigenvalue weighted by atomic mass is 35.5. The molecular weight excluding hydrogens is 357 g/mol. The van der Waals surface area contributed by atoms with Gasteiger partial charge in [0.1, 0.15) is 5.82 Å². The number of carbonyl (C=O) groups is 2. The van der Waals surface area contributed by atoms with Crippen molar-refractivity contribution in [2.75, 3.05) is 20.2 Å². The van der Waals surface area contributed by atoms with Crippen molar-refractivity contribution in [2.45, 2.75) is 12.8 Å². The van der Waals surface area contributed by atoms with Crippen molar-refractivity contribution in [3.63, 3.8) is 0 Å². The van der Waals surface area contributed by atoms with Crippen LogP contribution in [0.25, 0.3) is 0 Å². The summed E-state index contributed by atoms with van der Waals surface area (Å²) < 4.78 is 17.9. The van der Waals surface area contributed by atoms with Crippen molar-refractivity contribution in [1.29, 1.82) is 0 Å². The Morgan fingerprint density at radius 1 is 1.27 bits per heavy atom. The molecule has 0 saturated carbocycles. The molecule has 0 spiro atoms. The van der Waals surface area contributed by atoms with E-state index in [1.54, 1.807) is 11.0 Å². The lowest BCUT2D eigenvalue weighted by Gasteiger charge is -2.17. The number of methoxy groups -OCH3 is 1. The van der Waals surface area contributed by atoms with Gasteiger partial charge in [0.25, 0.3) is 5.91 Å². The Kier molecular flexibility index (Phi) is 5.57. The summed E-state index contributed by atoms with van der Waals surface area (Å²) in [6.07, 6.45) is 1.64. The van der Waals surface area contributed by atoms with Gasteiger partial charge in [0.05, 0.1) is 23.3 Å². The molecule has 0 bridgehead atoms. The van der Waals surface area contributed by atoms with Crippen LogP contribution < -0.4 is 0 Å². The van der Waals surface area contributed by atoms with Gasteiger partial charge in [-0.05, 0) is 54.7 Å². The standard InChI is InChI=1S/C20H19ClFNO3/c1-26-20(25)15-4-2-3-13(10-15)9-14-7-8-23(12-14)19(24)17-6-5-16(22)11-18(17)21/h2-6,10-11,14H,7-9,12H2,1H3. The maximum atomic E-state index is 13.2. The molecule has 1 aliphatic rings. The third-order valence-corrected chi connectivity index (χ3v) is 4.92. The lowest BCUT2D eigenvalue weighted by atomic mass is 9.97. The number of benzene rings is 2. The molecular formula is C20H19ClFNO3. The molecule has 0 aliphatic carbocycles. The van der Waals surface area contributed by atoms with E-state index < -0.39 is 5.82 Å². The van der Waals surface area contributed by atoms with Crippen LogP contribution in [0.5, 0.6) is 0 Å². The molecule has 1 fully saturated rings. The normalized spacial score (nSPS) is 16.6. The van der Waals surface area contributed by atoms with Crippen LogP contribution in [0.3, 0.4) is 0 Å². The van der Waals surface area contributed by atoms with Crippen LogP contribution in [-0.4, -0.2) is 37.0 Å². The van der Waals surface area contributed by atoms with E-state index >= 15 is 0 Å². The molecule has 0 aromatic heterocycles. The quantitative estimate of drug-likeness (QED) is 0.759. The van der Waals surface area contributed by atoms with Crippen molar-refractivity contribution in [2.24, 2.45) is 5.92 Å². The van der Waals surface area contributed by atoms with E-state index in [0.717, 1.165) is 24.5 Å². The molecule has 1 amide bonds. The highest BCUT2D eigenvalue weighted by Gasteiger charge is 2.28. The Morgan fingerprint density at radius 2 is 2.08 bits per heavy atom. The van der Waals surface area contributed by atoms with Crippen LogP contribution in [0.15, 0.2) is 42.5 Å². The topological polar surface area (TPSA) is 46.6 Å². The predicted molar refractivity (Wildman–Crippen MR) is 96.9 cm³/mol. The Balaban J connectivity index is 1.65. The summed E-state index contributed by atoms with van der Waals surface area (Å²) in [5.41, 5.74) is 1.88. The molecule has 0 N–H and O–H groups in total. The van der Waals surface area contributed by atoms with Gasteiger partial charge in [0.2, 0.25) is 0 Å². The van der Waals surface area contributed by atoms with Crippen LogP contribution >= 0.6 is 11.6 Å². The second kappa shape index (κ2) is 7.87. The van der Waals surface area contributed by atoms with Gasteiger partial charge in [-0.1, -0.05) is 23.7 Å². The SMILES string of the molecule is COC(=O)c1cccc(CC2CCN(C(=O)c3ccc(F)cc3Cl)C2)c1. The molecule has 26 heavy (non-hydrogen) atoms. The van der Waals surface area contributed by atoms with Crippen molar-refractivity contribution in [3.05, 3.63) is 70.0 Å². The van der Waals surface area contributed by atoms with E-state index in [2.05, 4.69) is 0 Å². The summed E-state index contributed by atoms with van der Waals surface area (Å²) in [6, 6.07) is 11.2. The van der Waals surface area contributed by atoms with Gasteiger partial charge in [0, 0.05) is 13.1 Å². The second-order valence-electron chi connectivity index (χ2n) is 6.43. The molecule has 2 aromatic carbocycles. The van der Waals surface area contributed by atoms with Gasteiger partial charge in [-0.15, -0.1) is 0 Å². The number of esters is 1. The van der Waals surface area contributed by atoms with Crippen molar-refractivity contribution >= 4 is 23.5 Å². The van der Waals surface area contributed by atoms with E-state index in [1.807, 2.05) is 18.2 Å². The maximum absolute atomic E-state index is 13.2. The lowest BCUT2D eigenvalue weighted by Crippen LogP contribution is -2.29. The largest absolute Gasteiger partial charge is 0.465 e. The van der Waals surface area contributed by atoms with Gasteiger partial charge < -0.3 is 9.64 Å². The first-order chi connectivity index (χ1) is 12.5. The lowest BCUT2D eigenvalue weighted by molar-refractivity contribution is 0.0600. The highest BCUT2D eigenvalue weighted by Crippen LogP contribution is 2.25. The Labute approximate surface area is 156 Å². The van der Waals surface area contributed by atoms with E-state index in [4.69, 9.17) is 16.3 Å². The number of ether oxygens (including phenoxy) is 1. The highest BCUT2D eigenvalue weighted by molar-refractivity contribution is 6.33. The summed E-state index contributed by atoms with van der Waals surface area (Å²) in [7, 11) is 1.36. The minimum absolute atomic E-state index is 0.129. The molecule has 1 saturated heterocycles. The van der Waals surface area contributed by atoms with E-state index in [0.29, 0.717) is 30.1 Å². The average molecular weight is 376 g/mol. The molecule has 4 nitrogen and oxygen atoms in total. The molecule has 1 aliphatic heterocycles. The zero-order valence-electron chi connectivity index (χ0n) is 14.4. The van der Waals surface area contributed by atoms with E-state index in [1.165, 1.54) is 19.2 Å². The van der Waals surface area contributed by atoms with Crippen LogP contribution in [0.1, 0.15) is 32.7 Å². The van der Waals surface area contributed by atoms with Crippen molar-refractivity contribution in [1.82, 2.24) is 4.90 Å². The summed E-state index contributed by atoms with van der Waals surface area (Å²) in [5.74, 6) is -0.704. The van der Waals surface area contributed by atoms with E-state index in [9.17, 15) is 14.0 Å². The molecule has 1 atom stereocenters. The second-order valence-corrected chi connectivity index (χ2v) is 6.83. The molecule has 136 valence electrons. The smallest absolute Gasteiger partial charge is 0.337 e. The van der Waals surface area contributed by atoms with E-state index in [-0.39, 0.29) is 16.9 Å². The Bertz CT molecular complexity index is 840. The Morgan fingerprint density at radius 3 is 2.81 bits per heavy atom. The number of nitrogens with zero attached hydrogens (tertiary/aromatic N) is 1. The van der Waals surface area contributed by atoms with Crippen molar-refractivity contribution in [3.8, 4) is 0 Å². The fourth-order valence-corrected chi connectivity index (χ4v) is 3.54. The maximum Gasteiger partial charge on any atom is 0.337 e. The Hall–Kier alpha value is -2.40. The third-order valence-electron chi connectivity index (χ3n) is 4.61. The van der Waals surface area contributed by atoms with Gasteiger partial charge in [-0.2, -0.15) is 0 Å². The summed E-state index contributed by atoms with van der Waals surface area (Å²) in [4.78, 5) is 26.0. The molecule has 1 heterocycles. The fourth-order valence-electron chi connectivity index (χ4n) is 3.29. The summed E-state index contributed by atoms with van der Waals surface area (Å²) in [6.45, 7) is 1.24. The molecule has 2 aromatic rings. The first kappa shape index (κ1) is 18.4. The number of halogens is 2. The zero-order valence-corrected chi connectivity index (χ0v) is 15.1. The average Bonchev–Trinajstić information content (AvgIpc) is 3.09. The molecule has 6 heteroatoms. The molecule has 0 radical (unpaired) electrons. The minimum atomic E-state index is -0.462. The fraction of sp³-hybridized carbons (Fsp3) is 0.300. The van der Waals surface area contributed by atoms with Gasteiger partial charge in [-0.3, -0.25) is 4.79 Å². The number of amides is 1. The molecule has 3 rings (SSSR count). The zero-order chi connectivity index (χ0) is 18.7. The number of hydrogen-bond acceptors (Lipinski definition) is 3. The van der Waals surface area contributed by atoms with Crippen LogP contribution in [0, 0.1) is 11.7 Å². The summed E-state index contributed by atoms with van der Waals surface area (Å²) in [5, 5.41) is 0.129. The first-order valence-electron chi connectivity index (χ1n) is 8.39. The predicted octanol–water partition coefficient (Wildman–Crippen LogP) is 3.97. The van der Waals surface area contributed by atoms with Gasteiger partial charge in [-0.25, -0.2) is 9.18 Å². The third kappa shape index (κ3) is 4.05.